The number of anilines is 1. The Bertz CT molecular complexity index is 1170. The molecular weight excluding hydrogens is 533 g/mol. The van der Waals surface area contributed by atoms with Gasteiger partial charge in [-0.05, 0) is 49.6 Å². The standard InChI is InChI=1S/C24H28Cl3N3O4S/c1-16(24(32)28-19-6-3-4-7-19)29(14-17-10-12-18(25)13-11-17)22(31)15-30(35(2,33)34)21-9-5-8-20(26)23(21)27/h5,8-13,16,19H,3-4,6-7,14-15H2,1-2H3,(H,28,32)/t16-/m0/s1. The van der Waals surface area contributed by atoms with Crippen LogP contribution in [0.25, 0.3) is 0 Å². The van der Waals surface area contributed by atoms with Crippen LogP contribution >= 0.6 is 34.8 Å². The number of halogens is 3. The molecular formula is C24H28Cl3N3O4S. The first-order chi connectivity index (χ1) is 16.5. The van der Waals surface area contributed by atoms with Gasteiger partial charge in [-0.1, -0.05) is 65.8 Å². The minimum atomic E-state index is -3.90. The third-order valence-electron chi connectivity index (χ3n) is 6.01. The summed E-state index contributed by atoms with van der Waals surface area (Å²) in [6.45, 7) is 1.18. The molecule has 7 nitrogen and oxygen atoms in total. The van der Waals surface area contributed by atoms with Gasteiger partial charge in [0.1, 0.15) is 12.6 Å². The van der Waals surface area contributed by atoms with Crippen molar-refractivity contribution in [2.45, 2.75) is 51.2 Å². The Labute approximate surface area is 221 Å². The van der Waals surface area contributed by atoms with Crippen LogP contribution in [-0.4, -0.2) is 50.0 Å². The summed E-state index contributed by atoms with van der Waals surface area (Å²) in [5.74, 6) is -0.846. The van der Waals surface area contributed by atoms with Gasteiger partial charge in [-0.2, -0.15) is 0 Å². The highest BCUT2D eigenvalue weighted by molar-refractivity contribution is 7.92. The fraction of sp³-hybridized carbons (Fsp3) is 0.417. The lowest BCUT2D eigenvalue weighted by Crippen LogP contribution is -2.52. The van der Waals surface area contributed by atoms with E-state index in [2.05, 4.69) is 5.32 Å². The molecule has 0 aliphatic heterocycles. The van der Waals surface area contributed by atoms with Crippen LogP contribution in [0, 0.1) is 0 Å². The number of nitrogens with zero attached hydrogens (tertiary/aromatic N) is 2. The molecule has 2 aromatic rings. The highest BCUT2D eigenvalue weighted by Crippen LogP contribution is 2.33. The van der Waals surface area contributed by atoms with Gasteiger partial charge in [-0.3, -0.25) is 13.9 Å². The lowest BCUT2D eigenvalue weighted by Gasteiger charge is -2.32. The average molecular weight is 561 g/mol. The molecule has 0 bridgehead atoms. The molecule has 1 fully saturated rings. The Kier molecular flexibility index (Phi) is 9.32. The third-order valence-corrected chi connectivity index (χ3v) is 8.20. The summed E-state index contributed by atoms with van der Waals surface area (Å²) in [7, 11) is -3.90. The molecule has 35 heavy (non-hydrogen) atoms. The van der Waals surface area contributed by atoms with Crippen molar-refractivity contribution in [3.05, 3.63) is 63.1 Å². The topological polar surface area (TPSA) is 86.8 Å². The molecule has 0 radical (unpaired) electrons. The van der Waals surface area contributed by atoms with Gasteiger partial charge in [0.15, 0.2) is 0 Å². The molecule has 0 heterocycles. The van der Waals surface area contributed by atoms with E-state index < -0.39 is 28.5 Å². The van der Waals surface area contributed by atoms with E-state index in [1.54, 1.807) is 37.3 Å². The molecule has 0 spiro atoms. The highest BCUT2D eigenvalue weighted by Gasteiger charge is 2.32. The lowest BCUT2D eigenvalue weighted by atomic mass is 10.1. The first kappa shape index (κ1) is 27.6. The molecule has 1 aliphatic carbocycles. The maximum Gasteiger partial charge on any atom is 0.244 e. The van der Waals surface area contributed by atoms with Crippen molar-refractivity contribution in [3.8, 4) is 0 Å². The zero-order chi connectivity index (χ0) is 25.8. The van der Waals surface area contributed by atoms with Crippen LogP contribution in [0.5, 0.6) is 0 Å². The number of rotatable bonds is 9. The SMILES string of the molecule is C[C@@H](C(=O)NC1CCCC1)N(Cc1ccc(Cl)cc1)C(=O)CN(c1cccc(Cl)c1Cl)S(C)(=O)=O. The monoisotopic (exact) mass is 559 g/mol. The lowest BCUT2D eigenvalue weighted by molar-refractivity contribution is -0.139. The highest BCUT2D eigenvalue weighted by atomic mass is 35.5. The number of carbonyl (C=O) groups is 2. The van der Waals surface area contributed by atoms with Crippen molar-refractivity contribution in [3.63, 3.8) is 0 Å². The van der Waals surface area contributed by atoms with E-state index in [0.29, 0.717) is 5.02 Å². The van der Waals surface area contributed by atoms with Crippen LogP contribution in [0.4, 0.5) is 5.69 Å². The smallest absolute Gasteiger partial charge is 0.244 e. The second kappa shape index (κ2) is 11.8. The number of carbonyl (C=O) groups excluding carboxylic acids is 2. The average Bonchev–Trinajstić information content (AvgIpc) is 3.31. The van der Waals surface area contributed by atoms with Crippen molar-refractivity contribution in [1.29, 1.82) is 0 Å². The molecule has 1 N–H and O–H groups in total. The molecule has 0 unspecified atom stereocenters. The summed E-state index contributed by atoms with van der Waals surface area (Å²) in [5, 5.41) is 3.73. The van der Waals surface area contributed by atoms with Gasteiger partial charge < -0.3 is 10.2 Å². The van der Waals surface area contributed by atoms with Gasteiger partial charge >= 0.3 is 0 Å². The maximum atomic E-state index is 13.6. The maximum absolute atomic E-state index is 13.6. The van der Waals surface area contributed by atoms with E-state index >= 15 is 0 Å². The van der Waals surface area contributed by atoms with E-state index in [-0.39, 0.29) is 34.2 Å². The molecule has 0 saturated heterocycles. The zero-order valence-corrected chi connectivity index (χ0v) is 22.6. The van der Waals surface area contributed by atoms with Gasteiger partial charge in [-0.15, -0.1) is 0 Å². The molecule has 11 heteroatoms. The number of nitrogens with one attached hydrogen (secondary N) is 1. The summed E-state index contributed by atoms with van der Waals surface area (Å²) in [5.41, 5.74) is 0.833. The van der Waals surface area contributed by atoms with Crippen LogP contribution in [0.1, 0.15) is 38.2 Å². The van der Waals surface area contributed by atoms with Gasteiger partial charge in [0.2, 0.25) is 21.8 Å². The number of hydrogen-bond acceptors (Lipinski definition) is 4. The molecule has 190 valence electrons. The molecule has 1 aliphatic rings. The van der Waals surface area contributed by atoms with E-state index in [4.69, 9.17) is 34.8 Å². The number of amides is 2. The zero-order valence-electron chi connectivity index (χ0n) is 19.5. The first-order valence-electron chi connectivity index (χ1n) is 11.2. The number of sulfonamides is 1. The van der Waals surface area contributed by atoms with Crippen molar-refractivity contribution in [2.24, 2.45) is 0 Å². The Morgan fingerprint density at radius 1 is 1.06 bits per heavy atom. The summed E-state index contributed by atoms with van der Waals surface area (Å²) in [4.78, 5) is 28.0. The van der Waals surface area contributed by atoms with Gasteiger partial charge in [0.05, 0.1) is 22.0 Å². The fourth-order valence-corrected chi connectivity index (χ4v) is 5.47. The van der Waals surface area contributed by atoms with Gasteiger partial charge in [0.25, 0.3) is 0 Å². The van der Waals surface area contributed by atoms with Gasteiger partial charge in [-0.25, -0.2) is 8.42 Å². The fourth-order valence-electron chi connectivity index (χ4n) is 4.04. The Balaban J connectivity index is 1.90. The normalized spacial score (nSPS) is 15.0. The van der Waals surface area contributed by atoms with Crippen molar-refractivity contribution < 1.29 is 18.0 Å². The number of benzene rings is 2. The van der Waals surface area contributed by atoms with Crippen LogP contribution in [0.2, 0.25) is 15.1 Å². The van der Waals surface area contributed by atoms with E-state index in [1.807, 2.05) is 0 Å². The van der Waals surface area contributed by atoms with Crippen LogP contribution < -0.4 is 9.62 Å². The second-order valence-electron chi connectivity index (χ2n) is 8.66. The predicted molar refractivity (Wildman–Crippen MR) is 141 cm³/mol. The summed E-state index contributed by atoms with van der Waals surface area (Å²) >= 11 is 18.3. The first-order valence-corrected chi connectivity index (χ1v) is 14.2. The van der Waals surface area contributed by atoms with Crippen LogP contribution in [0.15, 0.2) is 42.5 Å². The van der Waals surface area contributed by atoms with E-state index in [1.165, 1.54) is 17.0 Å². The Hall–Kier alpha value is -2.00. The van der Waals surface area contributed by atoms with Crippen molar-refractivity contribution >= 4 is 62.3 Å². The second-order valence-corrected chi connectivity index (χ2v) is 11.8. The summed E-state index contributed by atoms with van der Waals surface area (Å²) < 4.78 is 26.2. The van der Waals surface area contributed by atoms with E-state index in [9.17, 15) is 18.0 Å². The predicted octanol–water partition coefficient (Wildman–Crippen LogP) is 4.89. The van der Waals surface area contributed by atoms with Crippen LogP contribution in [-0.2, 0) is 26.2 Å². The molecule has 3 rings (SSSR count). The Morgan fingerprint density at radius 2 is 1.69 bits per heavy atom. The third kappa shape index (κ3) is 7.26. The summed E-state index contributed by atoms with van der Waals surface area (Å²) in [6.07, 6.45) is 4.89. The molecule has 0 aromatic heterocycles. The Morgan fingerprint density at radius 3 is 2.29 bits per heavy atom. The quantitative estimate of drug-likeness (QED) is 0.473. The molecule has 2 amide bonds. The molecule has 2 aromatic carbocycles. The van der Waals surface area contributed by atoms with Gasteiger partial charge in [0, 0.05) is 17.6 Å². The van der Waals surface area contributed by atoms with Crippen molar-refractivity contribution in [2.75, 3.05) is 17.1 Å². The summed E-state index contributed by atoms with van der Waals surface area (Å²) in [6, 6.07) is 10.7. The van der Waals surface area contributed by atoms with Crippen LogP contribution in [0.3, 0.4) is 0 Å². The minimum absolute atomic E-state index is 0.0173. The largest absolute Gasteiger partial charge is 0.352 e. The molecule has 1 saturated carbocycles. The van der Waals surface area contributed by atoms with E-state index in [0.717, 1.165) is 41.8 Å². The van der Waals surface area contributed by atoms with Crippen molar-refractivity contribution in [1.82, 2.24) is 10.2 Å². The minimum Gasteiger partial charge on any atom is -0.352 e. The molecule has 1 atom stereocenters. The number of hydrogen-bond donors (Lipinski definition) is 1.